The van der Waals surface area contributed by atoms with Crippen LogP contribution in [0.25, 0.3) is 10.2 Å². The smallest absolute Gasteiger partial charge is 0.254 e. The van der Waals surface area contributed by atoms with Crippen LogP contribution in [0.3, 0.4) is 0 Å². The van der Waals surface area contributed by atoms with Gasteiger partial charge < -0.3 is 14.5 Å². The van der Waals surface area contributed by atoms with Crippen molar-refractivity contribution in [3.05, 3.63) is 53.1 Å². The molecule has 5 nitrogen and oxygen atoms in total. The number of piperazine rings is 1. The maximum atomic E-state index is 13.0. The molecular formula is C25H31N3O2S. The Morgan fingerprint density at radius 2 is 1.90 bits per heavy atom. The van der Waals surface area contributed by atoms with E-state index in [0.29, 0.717) is 25.3 Å². The van der Waals surface area contributed by atoms with E-state index < -0.39 is 0 Å². The lowest BCUT2D eigenvalue weighted by Crippen LogP contribution is -2.48. The summed E-state index contributed by atoms with van der Waals surface area (Å²) in [5.41, 5.74) is 4.34. The van der Waals surface area contributed by atoms with E-state index in [-0.39, 0.29) is 5.91 Å². The van der Waals surface area contributed by atoms with Gasteiger partial charge in [-0.15, -0.1) is 0 Å². The molecule has 0 atom stereocenters. The Hall–Kier alpha value is -2.60. The summed E-state index contributed by atoms with van der Waals surface area (Å²) in [7, 11) is 0. The summed E-state index contributed by atoms with van der Waals surface area (Å²) >= 11 is 1.74. The van der Waals surface area contributed by atoms with Gasteiger partial charge in [-0.05, 0) is 55.7 Å². The number of hydrogen-bond acceptors (Lipinski definition) is 5. The first-order valence-electron chi connectivity index (χ1n) is 11.2. The molecule has 6 heteroatoms. The Labute approximate surface area is 188 Å². The molecule has 1 saturated heterocycles. The molecule has 0 saturated carbocycles. The molecule has 0 N–H and O–H groups in total. The van der Waals surface area contributed by atoms with Crippen molar-refractivity contribution in [3.63, 3.8) is 0 Å². The van der Waals surface area contributed by atoms with Crippen molar-refractivity contribution in [2.75, 3.05) is 37.7 Å². The fourth-order valence-corrected chi connectivity index (χ4v) is 4.97. The number of rotatable bonds is 7. The van der Waals surface area contributed by atoms with E-state index in [1.54, 1.807) is 11.3 Å². The molecule has 31 heavy (non-hydrogen) atoms. The number of nitrogens with zero attached hydrogens (tertiary/aromatic N) is 3. The van der Waals surface area contributed by atoms with Crippen molar-refractivity contribution in [1.82, 2.24) is 9.88 Å². The first-order chi connectivity index (χ1) is 15.1. The van der Waals surface area contributed by atoms with E-state index in [4.69, 9.17) is 9.72 Å². The van der Waals surface area contributed by atoms with Gasteiger partial charge in [0.05, 0.1) is 16.8 Å². The van der Waals surface area contributed by atoms with Crippen LogP contribution in [-0.2, 0) is 0 Å². The summed E-state index contributed by atoms with van der Waals surface area (Å²) < 4.78 is 7.05. The van der Waals surface area contributed by atoms with Crippen LogP contribution in [-0.4, -0.2) is 48.6 Å². The van der Waals surface area contributed by atoms with E-state index in [1.807, 2.05) is 29.2 Å². The molecule has 0 aliphatic carbocycles. The van der Waals surface area contributed by atoms with Gasteiger partial charge in [-0.25, -0.2) is 4.98 Å². The Morgan fingerprint density at radius 3 is 2.68 bits per heavy atom. The lowest BCUT2D eigenvalue weighted by Gasteiger charge is -2.34. The summed E-state index contributed by atoms with van der Waals surface area (Å²) in [6.45, 7) is 10.2. The number of amides is 1. The number of fused-ring (bicyclic) bond motifs is 1. The summed E-state index contributed by atoms with van der Waals surface area (Å²) in [5.74, 6) is 0.857. The Kier molecular flexibility index (Phi) is 6.76. The van der Waals surface area contributed by atoms with Crippen molar-refractivity contribution in [1.29, 1.82) is 0 Å². The van der Waals surface area contributed by atoms with E-state index in [1.165, 1.54) is 22.2 Å². The van der Waals surface area contributed by atoms with Crippen molar-refractivity contribution in [3.8, 4) is 5.75 Å². The second kappa shape index (κ2) is 9.69. The number of carbonyl (C=O) groups excluding carboxylic acids is 1. The van der Waals surface area contributed by atoms with Crippen LogP contribution in [0, 0.1) is 13.8 Å². The lowest BCUT2D eigenvalue weighted by molar-refractivity contribution is 0.0746. The summed E-state index contributed by atoms with van der Waals surface area (Å²) in [6, 6.07) is 11.9. The summed E-state index contributed by atoms with van der Waals surface area (Å²) in [5, 5.41) is 1.05. The second-order valence-electron chi connectivity index (χ2n) is 8.21. The van der Waals surface area contributed by atoms with Gasteiger partial charge in [0, 0.05) is 31.7 Å². The third kappa shape index (κ3) is 4.85. The molecule has 4 rings (SSSR count). The molecule has 0 bridgehead atoms. The maximum Gasteiger partial charge on any atom is 0.254 e. The van der Waals surface area contributed by atoms with Crippen molar-refractivity contribution in [2.45, 2.75) is 40.0 Å². The zero-order chi connectivity index (χ0) is 21.8. The van der Waals surface area contributed by atoms with Crippen LogP contribution >= 0.6 is 11.3 Å². The van der Waals surface area contributed by atoms with Crippen LogP contribution in [0.1, 0.15) is 47.7 Å². The zero-order valence-corrected chi connectivity index (χ0v) is 19.5. The number of aryl methyl sites for hydroxylation is 2. The molecule has 2 aromatic carbocycles. The minimum absolute atomic E-state index is 0.0782. The number of aromatic nitrogens is 1. The number of carbonyl (C=O) groups is 1. The highest BCUT2D eigenvalue weighted by atomic mass is 32.1. The molecule has 0 spiro atoms. The zero-order valence-electron chi connectivity index (χ0n) is 18.7. The first kappa shape index (κ1) is 21.6. The van der Waals surface area contributed by atoms with Gasteiger partial charge in [-0.1, -0.05) is 43.2 Å². The third-order valence-electron chi connectivity index (χ3n) is 6.01. The van der Waals surface area contributed by atoms with E-state index in [0.717, 1.165) is 42.3 Å². The van der Waals surface area contributed by atoms with E-state index in [9.17, 15) is 4.79 Å². The number of anilines is 1. The number of ether oxygens (including phenoxy) is 1. The van der Waals surface area contributed by atoms with Crippen LogP contribution in [0.2, 0.25) is 0 Å². The molecule has 1 fully saturated rings. The molecule has 0 unspecified atom stereocenters. The molecule has 1 amide bonds. The standard InChI is InChI=1S/C25H31N3O2S/c1-4-5-6-16-30-21-9-7-8-20(17-21)24(29)27-12-14-28(15-13-27)25-26-23-19(3)18(2)10-11-22(23)31-25/h7-11,17H,4-6,12-16H2,1-3H3. The van der Waals surface area contributed by atoms with Crippen molar-refractivity contribution < 1.29 is 9.53 Å². The average molecular weight is 438 g/mol. The van der Waals surface area contributed by atoms with Gasteiger partial charge >= 0.3 is 0 Å². The highest BCUT2D eigenvalue weighted by Crippen LogP contribution is 2.32. The first-order valence-corrected chi connectivity index (χ1v) is 12.0. The van der Waals surface area contributed by atoms with Crippen LogP contribution in [0.15, 0.2) is 36.4 Å². The molecule has 1 aliphatic heterocycles. The van der Waals surface area contributed by atoms with Gasteiger partial charge in [0.2, 0.25) is 0 Å². The molecule has 2 heterocycles. The molecule has 1 aromatic heterocycles. The van der Waals surface area contributed by atoms with Gasteiger partial charge in [-0.2, -0.15) is 0 Å². The Bertz CT molecular complexity index is 1050. The average Bonchev–Trinajstić information content (AvgIpc) is 3.24. The van der Waals surface area contributed by atoms with Gasteiger partial charge in [0.25, 0.3) is 5.91 Å². The van der Waals surface area contributed by atoms with Gasteiger partial charge in [-0.3, -0.25) is 4.79 Å². The molecule has 3 aromatic rings. The molecule has 1 aliphatic rings. The third-order valence-corrected chi connectivity index (χ3v) is 7.09. The van der Waals surface area contributed by atoms with Crippen LogP contribution in [0.5, 0.6) is 5.75 Å². The summed E-state index contributed by atoms with van der Waals surface area (Å²) in [6.07, 6.45) is 3.38. The fourth-order valence-electron chi connectivity index (χ4n) is 3.89. The highest BCUT2D eigenvalue weighted by molar-refractivity contribution is 7.22. The fraction of sp³-hybridized carbons (Fsp3) is 0.440. The normalized spacial score (nSPS) is 14.3. The van der Waals surface area contributed by atoms with Crippen LogP contribution in [0.4, 0.5) is 5.13 Å². The minimum Gasteiger partial charge on any atom is -0.494 e. The molecule has 164 valence electrons. The maximum absolute atomic E-state index is 13.0. The number of hydrogen-bond donors (Lipinski definition) is 0. The number of unbranched alkanes of at least 4 members (excludes halogenated alkanes) is 2. The predicted molar refractivity (Wildman–Crippen MR) is 129 cm³/mol. The lowest BCUT2D eigenvalue weighted by atomic mass is 10.1. The molecule has 0 radical (unpaired) electrons. The van der Waals surface area contributed by atoms with Crippen molar-refractivity contribution in [2.24, 2.45) is 0 Å². The summed E-state index contributed by atoms with van der Waals surface area (Å²) in [4.78, 5) is 22.2. The van der Waals surface area contributed by atoms with Crippen LogP contribution < -0.4 is 9.64 Å². The second-order valence-corrected chi connectivity index (χ2v) is 9.22. The highest BCUT2D eigenvalue weighted by Gasteiger charge is 2.24. The number of thiazole rings is 1. The molecular weight excluding hydrogens is 406 g/mol. The van der Waals surface area contributed by atoms with Crippen molar-refractivity contribution >= 4 is 32.6 Å². The van der Waals surface area contributed by atoms with E-state index >= 15 is 0 Å². The number of benzene rings is 2. The Balaban J connectivity index is 1.37. The van der Waals surface area contributed by atoms with E-state index in [2.05, 4.69) is 37.8 Å². The van der Waals surface area contributed by atoms with Gasteiger partial charge in [0.1, 0.15) is 5.75 Å². The largest absolute Gasteiger partial charge is 0.494 e. The SMILES string of the molecule is CCCCCOc1cccc(C(=O)N2CCN(c3nc4c(C)c(C)ccc4s3)CC2)c1. The Morgan fingerprint density at radius 1 is 1.10 bits per heavy atom. The quantitative estimate of drug-likeness (QED) is 0.462. The predicted octanol–water partition coefficient (Wildman–Crippen LogP) is 5.44. The topological polar surface area (TPSA) is 45.7 Å². The minimum atomic E-state index is 0.0782. The van der Waals surface area contributed by atoms with Gasteiger partial charge in [0.15, 0.2) is 5.13 Å². The monoisotopic (exact) mass is 437 g/mol.